The predicted octanol–water partition coefficient (Wildman–Crippen LogP) is 3.39. The highest BCUT2D eigenvalue weighted by atomic mass is 35.5. The molecule has 8 nitrogen and oxygen atoms in total. The number of ether oxygens (including phenoxy) is 1. The summed E-state index contributed by atoms with van der Waals surface area (Å²) in [5.41, 5.74) is 7.80. The Bertz CT molecular complexity index is 1000. The summed E-state index contributed by atoms with van der Waals surface area (Å²) >= 11 is 6.02. The third-order valence-electron chi connectivity index (χ3n) is 4.05. The van der Waals surface area contributed by atoms with Crippen molar-refractivity contribution in [1.82, 2.24) is 9.97 Å². The minimum atomic E-state index is -3.05. The van der Waals surface area contributed by atoms with Crippen LogP contribution in [0, 0.1) is 0 Å². The standard InChI is InChI=1S/C15H16ClN5O3S/c1-14(2,20-21-17)11-6-19-13(10-5-18-12(16)4-9(10)11)24-15(3)7-25(22,23)8-15/h4-6H,7-8H2,1-3H3. The molecule has 0 spiro atoms. The highest BCUT2D eigenvalue weighted by Crippen LogP contribution is 2.37. The number of aromatic nitrogens is 2. The van der Waals surface area contributed by atoms with Gasteiger partial charge in [0.25, 0.3) is 0 Å². The van der Waals surface area contributed by atoms with Gasteiger partial charge in [0.1, 0.15) is 10.8 Å². The summed E-state index contributed by atoms with van der Waals surface area (Å²) < 4.78 is 28.8. The van der Waals surface area contributed by atoms with Crippen LogP contribution in [-0.4, -0.2) is 35.5 Å². The molecule has 0 radical (unpaired) electrons. The first-order chi connectivity index (χ1) is 11.6. The molecule has 1 saturated heterocycles. The molecule has 1 aliphatic rings. The van der Waals surface area contributed by atoms with Crippen molar-refractivity contribution in [2.24, 2.45) is 5.11 Å². The van der Waals surface area contributed by atoms with Gasteiger partial charge in [0.15, 0.2) is 9.84 Å². The van der Waals surface area contributed by atoms with Gasteiger partial charge in [-0.05, 0) is 29.5 Å². The molecule has 3 rings (SSSR count). The normalized spacial score (nSPS) is 18.2. The number of nitrogens with zero attached hydrogens (tertiary/aromatic N) is 5. The fourth-order valence-corrected chi connectivity index (χ4v) is 5.05. The second-order valence-electron chi connectivity index (χ2n) is 6.86. The van der Waals surface area contributed by atoms with Crippen LogP contribution in [-0.2, 0) is 15.4 Å². The molecule has 0 saturated carbocycles. The molecule has 1 fully saturated rings. The third kappa shape index (κ3) is 3.35. The zero-order valence-electron chi connectivity index (χ0n) is 13.9. The summed E-state index contributed by atoms with van der Waals surface area (Å²) in [6.07, 6.45) is 3.07. The van der Waals surface area contributed by atoms with Gasteiger partial charge in [0.05, 0.1) is 22.4 Å². The average Bonchev–Trinajstić information content (AvgIpc) is 2.44. The van der Waals surface area contributed by atoms with E-state index in [9.17, 15) is 8.42 Å². The Morgan fingerprint density at radius 3 is 2.60 bits per heavy atom. The highest BCUT2D eigenvalue weighted by Gasteiger charge is 2.47. The van der Waals surface area contributed by atoms with Crippen molar-refractivity contribution in [3.05, 3.63) is 39.6 Å². The molecule has 0 aliphatic carbocycles. The van der Waals surface area contributed by atoms with Crippen molar-refractivity contribution < 1.29 is 13.2 Å². The van der Waals surface area contributed by atoms with Gasteiger partial charge < -0.3 is 4.74 Å². The molecule has 10 heteroatoms. The van der Waals surface area contributed by atoms with E-state index in [1.165, 1.54) is 6.20 Å². The van der Waals surface area contributed by atoms with Crippen LogP contribution in [0.2, 0.25) is 5.15 Å². The molecule has 0 amide bonds. The zero-order valence-corrected chi connectivity index (χ0v) is 15.5. The Kier molecular flexibility index (Phi) is 4.06. The molecule has 0 atom stereocenters. The van der Waals surface area contributed by atoms with Gasteiger partial charge >= 0.3 is 0 Å². The Morgan fingerprint density at radius 1 is 1.32 bits per heavy atom. The number of fused-ring (bicyclic) bond motifs is 1. The first-order valence-corrected chi connectivity index (χ1v) is 9.66. The molecule has 25 heavy (non-hydrogen) atoms. The SMILES string of the molecule is CC1(Oc2ncc(C(C)(C)N=[N+]=[N-])c3cc(Cl)ncc23)CS(=O)(=O)C1. The molecule has 2 aromatic heterocycles. The molecule has 3 heterocycles. The van der Waals surface area contributed by atoms with E-state index in [1.807, 2.05) is 0 Å². The molecule has 0 bridgehead atoms. The summed E-state index contributed by atoms with van der Waals surface area (Å²) in [6.45, 7) is 5.25. The van der Waals surface area contributed by atoms with Gasteiger partial charge in [0.2, 0.25) is 5.88 Å². The Morgan fingerprint density at radius 2 is 2.00 bits per heavy atom. The van der Waals surface area contributed by atoms with Crippen LogP contribution >= 0.6 is 11.6 Å². The van der Waals surface area contributed by atoms with Crippen LogP contribution < -0.4 is 4.74 Å². The fraction of sp³-hybridized carbons (Fsp3) is 0.467. The number of pyridine rings is 2. The van der Waals surface area contributed by atoms with E-state index in [2.05, 4.69) is 20.0 Å². The van der Waals surface area contributed by atoms with Crippen LogP contribution in [0.15, 0.2) is 23.6 Å². The van der Waals surface area contributed by atoms with E-state index in [0.29, 0.717) is 16.3 Å². The highest BCUT2D eigenvalue weighted by molar-refractivity contribution is 7.93. The largest absolute Gasteiger partial charge is 0.469 e. The summed E-state index contributed by atoms with van der Waals surface area (Å²) in [4.78, 5) is 11.3. The summed E-state index contributed by atoms with van der Waals surface area (Å²) in [7, 11) is -3.05. The lowest BCUT2D eigenvalue weighted by Crippen LogP contribution is -2.56. The van der Waals surface area contributed by atoms with E-state index in [-0.39, 0.29) is 22.5 Å². The molecule has 0 N–H and O–H groups in total. The second-order valence-corrected chi connectivity index (χ2v) is 9.31. The summed E-state index contributed by atoms with van der Waals surface area (Å²) in [5.74, 6) is 0.156. The van der Waals surface area contributed by atoms with E-state index in [4.69, 9.17) is 21.9 Å². The van der Waals surface area contributed by atoms with Gasteiger partial charge in [-0.25, -0.2) is 18.4 Å². The molecule has 0 aromatic carbocycles. The Hall–Kier alpha value is -2.09. The van der Waals surface area contributed by atoms with E-state index >= 15 is 0 Å². The van der Waals surface area contributed by atoms with Gasteiger partial charge in [-0.2, -0.15) is 0 Å². The molecule has 2 aromatic rings. The fourth-order valence-electron chi connectivity index (χ4n) is 3.00. The zero-order chi connectivity index (χ0) is 18.5. The maximum Gasteiger partial charge on any atom is 0.223 e. The summed E-state index contributed by atoms with van der Waals surface area (Å²) in [5, 5.41) is 5.36. The van der Waals surface area contributed by atoms with E-state index < -0.39 is 21.0 Å². The van der Waals surface area contributed by atoms with Crippen LogP contribution in [0.3, 0.4) is 0 Å². The topological polar surface area (TPSA) is 118 Å². The second kappa shape index (κ2) is 5.72. The first kappa shape index (κ1) is 17.7. The maximum atomic E-state index is 11.5. The van der Waals surface area contributed by atoms with Crippen LogP contribution in [0.4, 0.5) is 0 Å². The van der Waals surface area contributed by atoms with E-state index in [1.54, 1.807) is 33.0 Å². The minimum absolute atomic E-state index is 0.0594. The number of hydrogen-bond donors (Lipinski definition) is 0. The molecule has 132 valence electrons. The number of hydrogen-bond acceptors (Lipinski definition) is 6. The number of halogens is 1. The molecular weight excluding hydrogens is 366 g/mol. The van der Waals surface area contributed by atoms with Crippen LogP contribution in [0.5, 0.6) is 5.88 Å². The van der Waals surface area contributed by atoms with Crippen LogP contribution in [0.25, 0.3) is 21.2 Å². The van der Waals surface area contributed by atoms with E-state index in [0.717, 1.165) is 0 Å². The van der Waals surface area contributed by atoms with Crippen molar-refractivity contribution in [2.45, 2.75) is 31.9 Å². The number of sulfone groups is 1. The first-order valence-electron chi connectivity index (χ1n) is 7.46. The quantitative estimate of drug-likeness (QED) is 0.348. The predicted molar refractivity (Wildman–Crippen MR) is 94.4 cm³/mol. The molecule has 0 unspecified atom stereocenters. The lowest BCUT2D eigenvalue weighted by atomic mass is 9.93. The van der Waals surface area contributed by atoms with Crippen molar-refractivity contribution in [2.75, 3.05) is 11.5 Å². The van der Waals surface area contributed by atoms with Gasteiger partial charge in [-0.15, -0.1) is 0 Å². The minimum Gasteiger partial charge on any atom is -0.469 e. The van der Waals surface area contributed by atoms with Crippen molar-refractivity contribution in [1.29, 1.82) is 0 Å². The van der Waals surface area contributed by atoms with Crippen molar-refractivity contribution in [3.8, 4) is 5.88 Å². The monoisotopic (exact) mass is 381 g/mol. The van der Waals surface area contributed by atoms with Crippen molar-refractivity contribution in [3.63, 3.8) is 0 Å². The van der Waals surface area contributed by atoms with Gasteiger partial charge in [-0.1, -0.05) is 30.6 Å². The summed E-state index contributed by atoms with van der Waals surface area (Å²) in [6, 6.07) is 1.65. The number of azide groups is 1. The maximum absolute atomic E-state index is 11.5. The Labute approximate surface area is 149 Å². The van der Waals surface area contributed by atoms with Gasteiger partial charge in [0, 0.05) is 17.3 Å². The van der Waals surface area contributed by atoms with Gasteiger partial charge in [-0.3, -0.25) is 0 Å². The molecule has 1 aliphatic heterocycles. The molecular formula is C15H16ClN5O3S. The lowest BCUT2D eigenvalue weighted by molar-refractivity contribution is 0.116. The third-order valence-corrected chi connectivity index (χ3v) is 6.36. The lowest BCUT2D eigenvalue weighted by Gasteiger charge is -2.37. The van der Waals surface area contributed by atoms with Crippen LogP contribution in [0.1, 0.15) is 26.3 Å². The Balaban J connectivity index is 2.13. The smallest absolute Gasteiger partial charge is 0.223 e. The van der Waals surface area contributed by atoms with Crippen molar-refractivity contribution >= 4 is 32.2 Å². The average molecular weight is 382 g/mol. The number of rotatable bonds is 4.